The number of benzene rings is 2. The molecule has 2 aromatic rings. The topological polar surface area (TPSA) is 47.6 Å². The van der Waals surface area contributed by atoms with Gasteiger partial charge in [0.05, 0.1) is 5.02 Å². The second-order valence-corrected chi connectivity index (χ2v) is 6.83. The van der Waals surface area contributed by atoms with E-state index in [1.807, 2.05) is 42.5 Å². The lowest BCUT2D eigenvalue weighted by molar-refractivity contribution is -0.115. The molecule has 0 saturated carbocycles. The van der Waals surface area contributed by atoms with Crippen LogP contribution < -0.4 is 14.8 Å². The highest BCUT2D eigenvalue weighted by molar-refractivity contribution is 7.98. The predicted octanol–water partition coefficient (Wildman–Crippen LogP) is 4.37. The maximum Gasteiger partial charge on any atom is 0.225 e. The van der Waals surface area contributed by atoms with Gasteiger partial charge in [0.2, 0.25) is 5.91 Å². The first-order valence-electron chi connectivity index (χ1n) is 7.73. The number of carbonyl (C=O) groups is 1. The first-order valence-corrected chi connectivity index (χ1v) is 9.26. The lowest BCUT2D eigenvalue weighted by atomic mass is 10.2. The molecule has 1 heterocycles. The molecule has 6 heteroatoms. The molecule has 126 valence electrons. The molecular weight excluding hydrogens is 346 g/mol. The highest BCUT2D eigenvalue weighted by Gasteiger charge is 2.16. The maximum absolute atomic E-state index is 11.9. The predicted molar refractivity (Wildman–Crippen MR) is 98.3 cm³/mol. The van der Waals surface area contributed by atoms with Gasteiger partial charge >= 0.3 is 0 Å². The van der Waals surface area contributed by atoms with Crippen molar-refractivity contribution in [3.05, 3.63) is 53.1 Å². The first kappa shape index (κ1) is 17.0. The van der Waals surface area contributed by atoms with Gasteiger partial charge in [0.1, 0.15) is 13.2 Å². The van der Waals surface area contributed by atoms with Crippen molar-refractivity contribution < 1.29 is 14.3 Å². The van der Waals surface area contributed by atoms with Crippen LogP contribution in [0, 0.1) is 0 Å². The summed E-state index contributed by atoms with van der Waals surface area (Å²) in [5, 5.41) is 3.45. The fraction of sp³-hybridized carbons (Fsp3) is 0.278. The number of hydrogen-bond acceptors (Lipinski definition) is 4. The number of carbonyl (C=O) groups excluding carboxylic acids is 1. The molecule has 0 spiro atoms. The van der Waals surface area contributed by atoms with Crippen molar-refractivity contribution in [1.29, 1.82) is 0 Å². The summed E-state index contributed by atoms with van der Waals surface area (Å²) in [6.07, 6.45) is 0.470. The highest BCUT2D eigenvalue weighted by Crippen LogP contribution is 2.39. The van der Waals surface area contributed by atoms with E-state index in [9.17, 15) is 4.79 Å². The maximum atomic E-state index is 11.9. The van der Waals surface area contributed by atoms with E-state index >= 15 is 0 Å². The largest absolute Gasteiger partial charge is 0.486 e. The Morgan fingerprint density at radius 1 is 1.17 bits per heavy atom. The molecular formula is C18H18ClNO3S. The smallest absolute Gasteiger partial charge is 0.225 e. The standard InChI is InChI=1S/C18H18ClNO3S/c19-15-10-13(11-16-18(15)23-8-7-22-16)12-24-9-6-17(21)20-14-4-2-1-3-5-14/h1-5,10-11H,6-9,12H2,(H,20,21). The van der Waals surface area contributed by atoms with Gasteiger partial charge in [-0.05, 0) is 29.8 Å². The number of amides is 1. The van der Waals surface area contributed by atoms with Crippen LogP contribution in [0.3, 0.4) is 0 Å². The van der Waals surface area contributed by atoms with E-state index in [0.717, 1.165) is 22.8 Å². The number of thioether (sulfide) groups is 1. The summed E-state index contributed by atoms with van der Waals surface area (Å²) in [6, 6.07) is 13.3. The van der Waals surface area contributed by atoms with Gasteiger partial charge in [0.15, 0.2) is 11.5 Å². The third-order valence-electron chi connectivity index (χ3n) is 3.46. The molecule has 3 rings (SSSR count). The summed E-state index contributed by atoms with van der Waals surface area (Å²) < 4.78 is 11.1. The molecule has 2 aromatic carbocycles. The minimum Gasteiger partial charge on any atom is -0.486 e. The van der Waals surface area contributed by atoms with Crippen molar-refractivity contribution in [1.82, 2.24) is 0 Å². The molecule has 0 fully saturated rings. The Kier molecular flexibility index (Phi) is 5.88. The Labute approximate surface area is 150 Å². The average Bonchev–Trinajstić information content (AvgIpc) is 2.60. The van der Waals surface area contributed by atoms with Gasteiger partial charge in [-0.1, -0.05) is 29.8 Å². The van der Waals surface area contributed by atoms with Crippen molar-refractivity contribution in [3.63, 3.8) is 0 Å². The van der Waals surface area contributed by atoms with Crippen molar-refractivity contribution in [2.24, 2.45) is 0 Å². The molecule has 0 aromatic heterocycles. The number of hydrogen-bond donors (Lipinski definition) is 1. The third kappa shape index (κ3) is 4.58. The molecule has 1 aliphatic heterocycles. The van der Waals surface area contributed by atoms with Crippen LogP contribution in [0.25, 0.3) is 0 Å². The lowest BCUT2D eigenvalue weighted by Crippen LogP contribution is -2.15. The normalized spacial score (nSPS) is 12.7. The van der Waals surface area contributed by atoms with Gasteiger partial charge in [-0.15, -0.1) is 0 Å². The Bertz CT molecular complexity index is 709. The van der Waals surface area contributed by atoms with Crippen LogP contribution in [0.4, 0.5) is 5.69 Å². The highest BCUT2D eigenvalue weighted by atomic mass is 35.5. The van der Waals surface area contributed by atoms with E-state index in [1.165, 1.54) is 0 Å². The van der Waals surface area contributed by atoms with Crippen molar-refractivity contribution in [2.45, 2.75) is 12.2 Å². The Hall–Kier alpha value is -1.85. The molecule has 0 radical (unpaired) electrons. The molecule has 1 N–H and O–H groups in total. The summed E-state index contributed by atoms with van der Waals surface area (Å²) in [7, 11) is 0. The van der Waals surface area contributed by atoms with Crippen LogP contribution in [0.1, 0.15) is 12.0 Å². The summed E-state index contributed by atoms with van der Waals surface area (Å²) in [5.41, 5.74) is 1.89. The van der Waals surface area contributed by atoms with Crippen LogP contribution in [-0.2, 0) is 10.5 Å². The van der Waals surface area contributed by atoms with Crippen molar-refractivity contribution in [3.8, 4) is 11.5 Å². The zero-order chi connectivity index (χ0) is 16.8. The fourth-order valence-electron chi connectivity index (χ4n) is 2.35. The Morgan fingerprint density at radius 3 is 2.79 bits per heavy atom. The summed E-state index contributed by atoms with van der Waals surface area (Å²) in [6.45, 7) is 1.07. The summed E-state index contributed by atoms with van der Waals surface area (Å²) in [4.78, 5) is 11.9. The van der Waals surface area contributed by atoms with E-state index in [4.69, 9.17) is 21.1 Å². The number of ether oxygens (including phenoxy) is 2. The van der Waals surface area contributed by atoms with Gasteiger partial charge in [0, 0.05) is 23.6 Å². The molecule has 1 amide bonds. The fourth-order valence-corrected chi connectivity index (χ4v) is 3.51. The van der Waals surface area contributed by atoms with Crippen LogP contribution in [0.15, 0.2) is 42.5 Å². The number of fused-ring (bicyclic) bond motifs is 1. The molecule has 1 aliphatic rings. The van der Waals surface area contributed by atoms with E-state index in [2.05, 4.69) is 5.32 Å². The molecule has 0 aliphatic carbocycles. The summed E-state index contributed by atoms with van der Waals surface area (Å²) >= 11 is 7.91. The van der Waals surface area contributed by atoms with Crippen LogP contribution in [0.2, 0.25) is 5.02 Å². The molecule has 0 unspecified atom stereocenters. The average molecular weight is 364 g/mol. The molecule has 0 atom stereocenters. The van der Waals surface area contributed by atoms with Gasteiger partial charge in [-0.3, -0.25) is 4.79 Å². The zero-order valence-electron chi connectivity index (χ0n) is 13.1. The number of halogens is 1. The van der Waals surface area contributed by atoms with E-state index in [-0.39, 0.29) is 5.91 Å². The SMILES string of the molecule is O=C(CCSCc1cc(Cl)c2c(c1)OCCO2)Nc1ccccc1. The molecule has 0 bridgehead atoms. The van der Waals surface area contributed by atoms with E-state index in [0.29, 0.717) is 36.2 Å². The Morgan fingerprint density at radius 2 is 1.96 bits per heavy atom. The minimum atomic E-state index is 0.0221. The first-order chi connectivity index (χ1) is 11.7. The zero-order valence-corrected chi connectivity index (χ0v) is 14.7. The number of rotatable bonds is 6. The number of anilines is 1. The van der Waals surface area contributed by atoms with Crippen molar-refractivity contribution in [2.75, 3.05) is 24.3 Å². The third-order valence-corrected chi connectivity index (χ3v) is 4.77. The van der Waals surface area contributed by atoms with Gasteiger partial charge in [0.25, 0.3) is 0 Å². The van der Waals surface area contributed by atoms with Gasteiger partial charge < -0.3 is 14.8 Å². The quantitative estimate of drug-likeness (QED) is 0.774. The second kappa shape index (κ2) is 8.31. The molecule has 0 saturated heterocycles. The number of para-hydroxylation sites is 1. The van der Waals surface area contributed by atoms with E-state index < -0.39 is 0 Å². The van der Waals surface area contributed by atoms with Gasteiger partial charge in [-0.25, -0.2) is 0 Å². The lowest BCUT2D eigenvalue weighted by Gasteiger charge is -2.20. The van der Waals surface area contributed by atoms with Gasteiger partial charge in [-0.2, -0.15) is 11.8 Å². The van der Waals surface area contributed by atoms with Crippen LogP contribution >= 0.6 is 23.4 Å². The van der Waals surface area contributed by atoms with E-state index in [1.54, 1.807) is 11.8 Å². The monoisotopic (exact) mass is 363 g/mol. The Balaban J connectivity index is 1.45. The second-order valence-electron chi connectivity index (χ2n) is 5.32. The number of nitrogens with one attached hydrogen (secondary N) is 1. The van der Waals surface area contributed by atoms with Crippen LogP contribution in [0.5, 0.6) is 11.5 Å². The molecule has 4 nitrogen and oxygen atoms in total. The molecule has 24 heavy (non-hydrogen) atoms. The summed E-state index contributed by atoms with van der Waals surface area (Å²) in [5.74, 6) is 2.86. The minimum absolute atomic E-state index is 0.0221. The van der Waals surface area contributed by atoms with Crippen LogP contribution in [-0.4, -0.2) is 24.9 Å². The van der Waals surface area contributed by atoms with Crippen molar-refractivity contribution >= 4 is 35.0 Å².